The van der Waals surface area contributed by atoms with Gasteiger partial charge in [-0.05, 0) is 19.3 Å². The fourth-order valence-corrected chi connectivity index (χ4v) is 12.0. The number of allylic oxidation sites excluding steroid dienone is 1. The number of hydrogen-bond donors (Lipinski definition) is 12. The van der Waals surface area contributed by atoms with Crippen LogP contribution in [-0.2, 0) is 33.2 Å². The number of carbonyl (C=O) groups is 1. The zero-order valence-corrected chi connectivity index (χ0v) is 52.9. The van der Waals surface area contributed by atoms with E-state index in [9.17, 15) is 61.0 Å². The Hall–Kier alpha value is -1.47. The largest absolute Gasteiger partial charge is 0.394 e. The molecule has 19 heteroatoms. The normalized spacial score (nSPS) is 29.0. The molecule has 3 aliphatic heterocycles. The molecular formula is C66H125NO18. The predicted octanol–water partition coefficient (Wildman–Crippen LogP) is 8.50. The molecule has 3 fully saturated rings. The monoisotopic (exact) mass is 1220 g/mol. The number of amides is 1. The van der Waals surface area contributed by atoms with Gasteiger partial charge in [0.05, 0.1) is 38.6 Å². The second kappa shape index (κ2) is 49.3. The molecule has 502 valence electrons. The average Bonchev–Trinajstić information content (AvgIpc) is 3.10. The summed E-state index contributed by atoms with van der Waals surface area (Å²) in [5, 5.41) is 120. The van der Waals surface area contributed by atoms with E-state index < -0.39 is 124 Å². The van der Waals surface area contributed by atoms with E-state index in [1.165, 1.54) is 199 Å². The molecule has 12 N–H and O–H groups in total. The second-order valence-electron chi connectivity index (χ2n) is 25.0. The summed E-state index contributed by atoms with van der Waals surface area (Å²) in [5.74, 6) is -0.269. The smallest absolute Gasteiger partial charge is 0.220 e. The van der Waals surface area contributed by atoms with Crippen molar-refractivity contribution in [2.75, 3.05) is 26.4 Å². The van der Waals surface area contributed by atoms with Gasteiger partial charge in [0.25, 0.3) is 0 Å². The number of ether oxygens (including phenoxy) is 6. The Morgan fingerprint density at radius 2 is 0.729 bits per heavy atom. The van der Waals surface area contributed by atoms with Gasteiger partial charge in [-0.15, -0.1) is 0 Å². The van der Waals surface area contributed by atoms with E-state index in [1.54, 1.807) is 6.08 Å². The first-order valence-electron chi connectivity index (χ1n) is 34.4. The van der Waals surface area contributed by atoms with Gasteiger partial charge >= 0.3 is 0 Å². The molecule has 0 aromatic rings. The third kappa shape index (κ3) is 31.9. The third-order valence-corrected chi connectivity index (χ3v) is 17.6. The fraction of sp³-hybridized carbons (Fsp3) is 0.955. The van der Waals surface area contributed by atoms with E-state index in [0.29, 0.717) is 6.42 Å². The molecule has 0 radical (unpaired) electrons. The van der Waals surface area contributed by atoms with Gasteiger partial charge in [0.1, 0.15) is 73.2 Å². The molecule has 0 saturated carbocycles. The van der Waals surface area contributed by atoms with Crippen molar-refractivity contribution in [3.63, 3.8) is 0 Å². The highest BCUT2D eigenvalue weighted by Gasteiger charge is 2.53. The topological polar surface area (TPSA) is 307 Å². The Morgan fingerprint density at radius 3 is 1.11 bits per heavy atom. The number of aliphatic hydroxyl groups is 11. The first kappa shape index (κ1) is 77.8. The number of nitrogens with one attached hydrogen (secondary N) is 1. The molecule has 3 rings (SSSR count). The van der Waals surface area contributed by atoms with Gasteiger partial charge in [-0.2, -0.15) is 0 Å². The molecule has 19 nitrogen and oxygen atoms in total. The van der Waals surface area contributed by atoms with Crippen molar-refractivity contribution in [1.82, 2.24) is 5.32 Å². The van der Waals surface area contributed by atoms with Crippen LogP contribution in [0.25, 0.3) is 0 Å². The maximum Gasteiger partial charge on any atom is 0.220 e. The number of unbranched alkanes of at least 4 members (excludes halogenated alkanes) is 37. The summed E-state index contributed by atoms with van der Waals surface area (Å²) in [6.07, 6.45) is 26.1. The van der Waals surface area contributed by atoms with Gasteiger partial charge in [0.15, 0.2) is 18.9 Å². The van der Waals surface area contributed by atoms with Crippen molar-refractivity contribution < 1.29 is 89.4 Å². The number of hydrogen-bond acceptors (Lipinski definition) is 18. The van der Waals surface area contributed by atoms with Gasteiger partial charge in [-0.3, -0.25) is 4.79 Å². The molecule has 0 aromatic carbocycles. The Morgan fingerprint density at radius 1 is 0.412 bits per heavy atom. The van der Waals surface area contributed by atoms with Crippen molar-refractivity contribution in [3.8, 4) is 0 Å². The van der Waals surface area contributed by atoms with Gasteiger partial charge in [0, 0.05) is 6.42 Å². The average molecular weight is 1220 g/mol. The summed E-state index contributed by atoms with van der Waals surface area (Å²) < 4.78 is 34.4. The molecule has 3 aliphatic rings. The molecule has 3 heterocycles. The lowest BCUT2D eigenvalue weighted by Crippen LogP contribution is -2.66. The minimum atomic E-state index is -1.98. The van der Waals surface area contributed by atoms with Crippen LogP contribution in [0.3, 0.4) is 0 Å². The second-order valence-corrected chi connectivity index (χ2v) is 25.0. The quantitative estimate of drug-likeness (QED) is 0.0201. The highest BCUT2D eigenvalue weighted by Crippen LogP contribution is 2.33. The van der Waals surface area contributed by atoms with Crippen molar-refractivity contribution in [2.24, 2.45) is 0 Å². The summed E-state index contributed by atoms with van der Waals surface area (Å²) >= 11 is 0. The highest BCUT2D eigenvalue weighted by atomic mass is 16.8. The zero-order valence-electron chi connectivity index (χ0n) is 52.9. The van der Waals surface area contributed by atoms with E-state index >= 15 is 0 Å². The van der Waals surface area contributed by atoms with Crippen molar-refractivity contribution >= 4 is 5.91 Å². The van der Waals surface area contributed by atoms with Crippen molar-refractivity contribution in [3.05, 3.63) is 12.2 Å². The van der Waals surface area contributed by atoms with Gasteiger partial charge in [-0.25, -0.2) is 0 Å². The standard InChI is InChI=1S/C66H125NO18/c1-3-5-7-9-11-13-15-17-19-21-23-25-27-29-31-33-35-37-39-41-43-50(71)49(67-54(72)44-42-40-38-36-34-32-30-28-26-24-22-20-18-16-14-12-10-8-6-4-2)48-80-64-60(78)57(75)62(52(46-69)82-64)85-66-61(79)58(76)63(53(47-70)83-66)84-65-59(77)56(74)55(73)51(45-68)81-65/h41,43,49-53,55-66,68-71,73-79H,3-40,42,44-48H2,1-2H3,(H,67,72)/b43-41+. The lowest BCUT2D eigenvalue weighted by molar-refractivity contribution is -0.379. The SMILES string of the molecule is CCCCCCCCCCCCCCCCCCCC/C=C/C(O)C(COC1OC(CO)C(OC2OC(CO)C(OC3OC(CO)C(O)C(O)C3O)C(O)C2O)C(O)C1O)NC(=O)CCCCCCCCCCCCCCCCCCCCCC. The molecule has 0 spiro atoms. The van der Waals surface area contributed by atoms with Crippen LogP contribution >= 0.6 is 0 Å². The summed E-state index contributed by atoms with van der Waals surface area (Å²) in [6.45, 7) is 1.77. The molecule has 0 bridgehead atoms. The molecule has 85 heavy (non-hydrogen) atoms. The Labute approximate surface area is 512 Å². The zero-order chi connectivity index (χ0) is 61.9. The maximum absolute atomic E-state index is 13.4. The summed E-state index contributed by atoms with van der Waals surface area (Å²) in [5.41, 5.74) is 0. The summed E-state index contributed by atoms with van der Waals surface area (Å²) in [4.78, 5) is 13.4. The minimum Gasteiger partial charge on any atom is -0.394 e. The fourth-order valence-electron chi connectivity index (χ4n) is 12.0. The molecule has 1 amide bonds. The van der Waals surface area contributed by atoms with E-state index in [4.69, 9.17) is 28.4 Å². The van der Waals surface area contributed by atoms with E-state index in [0.717, 1.165) is 44.9 Å². The summed E-state index contributed by atoms with van der Waals surface area (Å²) in [7, 11) is 0. The first-order chi connectivity index (χ1) is 41.3. The van der Waals surface area contributed by atoms with Crippen LogP contribution in [-0.4, -0.2) is 193 Å². The molecule has 0 aliphatic carbocycles. The van der Waals surface area contributed by atoms with E-state index in [1.807, 2.05) is 6.08 Å². The lowest BCUT2D eigenvalue weighted by Gasteiger charge is -2.48. The number of carbonyl (C=O) groups excluding carboxylic acids is 1. The van der Waals surface area contributed by atoms with Crippen LogP contribution in [0.4, 0.5) is 0 Å². The third-order valence-electron chi connectivity index (χ3n) is 17.6. The van der Waals surface area contributed by atoms with Gasteiger partial charge in [0.2, 0.25) is 5.91 Å². The van der Waals surface area contributed by atoms with Crippen LogP contribution in [0.1, 0.15) is 271 Å². The lowest BCUT2D eigenvalue weighted by atomic mass is 9.96. The molecule has 3 saturated heterocycles. The Kier molecular flexibility index (Phi) is 45.1. The van der Waals surface area contributed by atoms with Crippen LogP contribution in [0.2, 0.25) is 0 Å². The van der Waals surface area contributed by atoms with Crippen molar-refractivity contribution in [1.29, 1.82) is 0 Å². The first-order valence-corrected chi connectivity index (χ1v) is 34.4. The maximum atomic E-state index is 13.4. The number of aliphatic hydroxyl groups excluding tert-OH is 11. The van der Waals surface area contributed by atoms with Crippen LogP contribution in [0, 0.1) is 0 Å². The molecule has 17 atom stereocenters. The molecule has 17 unspecified atom stereocenters. The van der Waals surface area contributed by atoms with E-state index in [-0.39, 0.29) is 18.9 Å². The molecule has 0 aromatic heterocycles. The van der Waals surface area contributed by atoms with Crippen LogP contribution < -0.4 is 5.32 Å². The van der Waals surface area contributed by atoms with Crippen LogP contribution in [0.5, 0.6) is 0 Å². The predicted molar refractivity (Wildman–Crippen MR) is 328 cm³/mol. The molecular weight excluding hydrogens is 1090 g/mol. The van der Waals surface area contributed by atoms with Gasteiger partial charge < -0.3 is 89.9 Å². The minimum absolute atomic E-state index is 0.250. The highest BCUT2D eigenvalue weighted by molar-refractivity contribution is 5.76. The van der Waals surface area contributed by atoms with Crippen molar-refractivity contribution in [2.45, 2.75) is 375 Å². The van der Waals surface area contributed by atoms with Gasteiger partial charge in [-0.1, -0.05) is 257 Å². The van der Waals surface area contributed by atoms with Crippen LogP contribution in [0.15, 0.2) is 12.2 Å². The number of rotatable bonds is 53. The van der Waals surface area contributed by atoms with E-state index in [2.05, 4.69) is 19.2 Å². The summed E-state index contributed by atoms with van der Waals surface area (Å²) in [6, 6.07) is -0.968. The Balaban J connectivity index is 1.45. The Bertz CT molecular complexity index is 1600.